The molecule has 36 heavy (non-hydrogen) atoms. The largest absolute Gasteiger partial charge is 0.493 e. The van der Waals surface area contributed by atoms with Gasteiger partial charge in [0.1, 0.15) is 12.7 Å². The minimum absolute atomic E-state index is 0.0544. The molecule has 0 aliphatic rings. The summed E-state index contributed by atoms with van der Waals surface area (Å²) in [4.78, 5) is 12.4. The highest BCUT2D eigenvalue weighted by atomic mass is 19.4. The molecule has 7 nitrogen and oxygen atoms in total. The number of hydrogen-bond acceptors (Lipinski definition) is 5. The maximum absolute atomic E-state index is 12.7. The maximum Gasteiger partial charge on any atom is 0.416 e. The van der Waals surface area contributed by atoms with Gasteiger partial charge in [-0.3, -0.25) is 0 Å². The number of nitrogens with one attached hydrogen (secondary N) is 2. The van der Waals surface area contributed by atoms with E-state index in [9.17, 15) is 23.1 Å². The van der Waals surface area contributed by atoms with Crippen molar-refractivity contribution in [2.75, 3.05) is 20.3 Å². The third kappa shape index (κ3) is 7.37. The van der Waals surface area contributed by atoms with Crippen molar-refractivity contribution in [1.29, 1.82) is 0 Å². The number of amides is 2. The van der Waals surface area contributed by atoms with Gasteiger partial charge in [-0.05, 0) is 46.5 Å². The Balaban J connectivity index is 1.72. The molecule has 0 saturated carbocycles. The molecule has 3 aromatic carbocycles. The van der Waals surface area contributed by atoms with Crippen molar-refractivity contribution in [3.63, 3.8) is 0 Å². The number of aliphatic hydroxyl groups excluding tert-OH is 2. The highest BCUT2D eigenvalue weighted by molar-refractivity contribution is 5.75. The lowest BCUT2D eigenvalue weighted by Gasteiger charge is -2.18. The third-order valence-electron chi connectivity index (χ3n) is 5.29. The topological polar surface area (TPSA) is 100 Å². The van der Waals surface area contributed by atoms with E-state index in [4.69, 9.17) is 14.6 Å². The second-order valence-corrected chi connectivity index (χ2v) is 7.90. The van der Waals surface area contributed by atoms with Gasteiger partial charge in [-0.15, -0.1) is 0 Å². The standard InChI is InChI=1S/C26H27F3N2O5/c1-35-23-11-19(14-31-25(34)30-13-17-7-9-20(10-8-17)26(27,28)29)22(18-5-3-2-4-6-18)12-24(23)36-16-21(33)15-32/h2-12,21,32-33H,13-16H2,1H3,(H2,30,31,34)/t21-/m1/s1. The fourth-order valence-electron chi connectivity index (χ4n) is 3.38. The zero-order valence-corrected chi connectivity index (χ0v) is 19.5. The molecule has 10 heteroatoms. The van der Waals surface area contributed by atoms with Gasteiger partial charge in [-0.1, -0.05) is 42.5 Å². The Morgan fingerprint density at radius 3 is 2.25 bits per heavy atom. The number of carbonyl (C=O) groups is 1. The number of halogens is 3. The van der Waals surface area contributed by atoms with Gasteiger partial charge in [0.15, 0.2) is 11.5 Å². The van der Waals surface area contributed by atoms with Crippen LogP contribution in [0.3, 0.4) is 0 Å². The molecular formula is C26H27F3N2O5. The first kappa shape index (κ1) is 26.8. The Bertz CT molecular complexity index is 1140. The Morgan fingerprint density at radius 2 is 1.64 bits per heavy atom. The Morgan fingerprint density at radius 1 is 0.972 bits per heavy atom. The number of rotatable bonds is 10. The molecule has 0 bridgehead atoms. The highest BCUT2D eigenvalue weighted by Gasteiger charge is 2.29. The summed E-state index contributed by atoms with van der Waals surface area (Å²) >= 11 is 0. The molecule has 0 radical (unpaired) electrons. The van der Waals surface area contributed by atoms with E-state index < -0.39 is 30.5 Å². The van der Waals surface area contributed by atoms with E-state index in [0.29, 0.717) is 17.1 Å². The van der Waals surface area contributed by atoms with E-state index in [2.05, 4.69) is 10.6 Å². The number of urea groups is 1. The number of alkyl halides is 3. The Kier molecular flexibility index (Phi) is 9.15. The number of hydrogen-bond donors (Lipinski definition) is 4. The van der Waals surface area contributed by atoms with Gasteiger partial charge >= 0.3 is 12.2 Å². The minimum atomic E-state index is -4.42. The van der Waals surface area contributed by atoms with Crippen LogP contribution in [0.4, 0.5) is 18.0 Å². The second-order valence-electron chi connectivity index (χ2n) is 7.90. The van der Waals surface area contributed by atoms with Gasteiger partial charge < -0.3 is 30.3 Å². The molecule has 0 aliphatic carbocycles. The molecule has 0 spiro atoms. The number of methoxy groups -OCH3 is 1. The number of aliphatic hydroxyl groups is 2. The summed E-state index contributed by atoms with van der Waals surface area (Å²) in [6.07, 6.45) is -5.47. The zero-order chi connectivity index (χ0) is 26.1. The van der Waals surface area contributed by atoms with Crippen LogP contribution in [0.15, 0.2) is 66.7 Å². The SMILES string of the molecule is COc1cc(CNC(=O)NCc2ccc(C(F)(F)F)cc2)c(-c2ccccc2)cc1OC[C@H](O)CO. The Hall–Kier alpha value is -3.76. The van der Waals surface area contributed by atoms with Gasteiger partial charge in [0.2, 0.25) is 0 Å². The zero-order valence-electron chi connectivity index (χ0n) is 19.5. The minimum Gasteiger partial charge on any atom is -0.493 e. The molecule has 0 heterocycles. The van der Waals surface area contributed by atoms with Crippen molar-refractivity contribution in [2.45, 2.75) is 25.4 Å². The quantitative estimate of drug-likeness (QED) is 0.333. The monoisotopic (exact) mass is 504 g/mol. The van der Waals surface area contributed by atoms with Crippen molar-refractivity contribution in [3.8, 4) is 22.6 Å². The van der Waals surface area contributed by atoms with Crippen LogP contribution < -0.4 is 20.1 Å². The van der Waals surface area contributed by atoms with Crippen molar-refractivity contribution in [2.24, 2.45) is 0 Å². The third-order valence-corrected chi connectivity index (χ3v) is 5.29. The van der Waals surface area contributed by atoms with Crippen LogP contribution in [0.2, 0.25) is 0 Å². The van der Waals surface area contributed by atoms with E-state index in [-0.39, 0.29) is 19.7 Å². The predicted molar refractivity (Wildman–Crippen MR) is 128 cm³/mol. The average molecular weight is 505 g/mol. The lowest BCUT2D eigenvalue weighted by atomic mass is 9.98. The summed E-state index contributed by atoms with van der Waals surface area (Å²) in [5.41, 5.74) is 2.10. The molecule has 0 unspecified atom stereocenters. The summed E-state index contributed by atoms with van der Waals surface area (Å²) in [6, 6.07) is 16.9. The predicted octanol–water partition coefficient (Wildman–Crippen LogP) is 4.11. The first-order chi connectivity index (χ1) is 17.2. The highest BCUT2D eigenvalue weighted by Crippen LogP contribution is 2.36. The van der Waals surface area contributed by atoms with Crippen LogP contribution >= 0.6 is 0 Å². The summed E-state index contributed by atoms with van der Waals surface area (Å²) < 4.78 is 49.2. The van der Waals surface area contributed by atoms with E-state index in [1.807, 2.05) is 30.3 Å². The summed E-state index contributed by atoms with van der Waals surface area (Å²) in [6.45, 7) is -0.403. The molecule has 0 aliphatic heterocycles. The molecule has 192 valence electrons. The normalized spacial score (nSPS) is 12.1. The Labute approximate surface area is 206 Å². The number of carbonyl (C=O) groups excluding carboxylic acids is 1. The van der Waals surface area contributed by atoms with Gasteiger partial charge in [0.05, 0.1) is 19.3 Å². The molecule has 3 rings (SSSR count). The van der Waals surface area contributed by atoms with Crippen LogP contribution in [-0.4, -0.2) is 42.7 Å². The first-order valence-electron chi connectivity index (χ1n) is 11.1. The molecule has 1 atom stereocenters. The average Bonchev–Trinajstić information content (AvgIpc) is 2.89. The number of ether oxygens (including phenoxy) is 2. The fourth-order valence-corrected chi connectivity index (χ4v) is 3.38. The molecular weight excluding hydrogens is 477 g/mol. The van der Waals surface area contributed by atoms with Crippen molar-refractivity contribution >= 4 is 6.03 Å². The van der Waals surface area contributed by atoms with E-state index in [1.165, 1.54) is 19.2 Å². The lowest BCUT2D eigenvalue weighted by Crippen LogP contribution is -2.34. The fraction of sp³-hybridized carbons (Fsp3) is 0.269. The van der Waals surface area contributed by atoms with Crippen molar-refractivity contribution in [3.05, 3.63) is 83.4 Å². The molecule has 0 saturated heterocycles. The van der Waals surface area contributed by atoms with Crippen LogP contribution in [0.25, 0.3) is 11.1 Å². The summed E-state index contributed by atoms with van der Waals surface area (Å²) in [5, 5.41) is 24.0. The van der Waals surface area contributed by atoms with E-state index in [0.717, 1.165) is 28.8 Å². The molecule has 0 aromatic heterocycles. The first-order valence-corrected chi connectivity index (χ1v) is 11.1. The second kappa shape index (κ2) is 12.3. The summed E-state index contributed by atoms with van der Waals surface area (Å²) in [7, 11) is 1.46. The van der Waals surface area contributed by atoms with Crippen molar-refractivity contribution in [1.82, 2.24) is 10.6 Å². The van der Waals surface area contributed by atoms with Crippen LogP contribution in [-0.2, 0) is 19.3 Å². The van der Waals surface area contributed by atoms with E-state index in [1.54, 1.807) is 12.1 Å². The molecule has 3 aromatic rings. The van der Waals surface area contributed by atoms with Crippen LogP contribution in [0.1, 0.15) is 16.7 Å². The van der Waals surface area contributed by atoms with Gasteiger partial charge in [0, 0.05) is 13.1 Å². The smallest absolute Gasteiger partial charge is 0.416 e. The van der Waals surface area contributed by atoms with Gasteiger partial charge in [-0.2, -0.15) is 13.2 Å². The van der Waals surface area contributed by atoms with Crippen LogP contribution in [0, 0.1) is 0 Å². The van der Waals surface area contributed by atoms with E-state index >= 15 is 0 Å². The molecule has 2 amide bonds. The molecule has 0 fully saturated rings. The van der Waals surface area contributed by atoms with Crippen molar-refractivity contribution < 1.29 is 37.7 Å². The van der Waals surface area contributed by atoms with Crippen LogP contribution in [0.5, 0.6) is 11.5 Å². The molecule has 4 N–H and O–H groups in total. The summed E-state index contributed by atoms with van der Waals surface area (Å²) in [5.74, 6) is 0.737. The van der Waals surface area contributed by atoms with Gasteiger partial charge in [0.25, 0.3) is 0 Å². The maximum atomic E-state index is 12.7. The lowest BCUT2D eigenvalue weighted by molar-refractivity contribution is -0.137. The number of benzene rings is 3. The van der Waals surface area contributed by atoms with Gasteiger partial charge in [-0.25, -0.2) is 4.79 Å².